The summed E-state index contributed by atoms with van der Waals surface area (Å²) in [7, 11) is 0. The molecule has 0 unspecified atom stereocenters. The van der Waals surface area contributed by atoms with E-state index in [0.717, 1.165) is 10.5 Å². The quantitative estimate of drug-likeness (QED) is 0.313. The van der Waals surface area contributed by atoms with E-state index in [-0.39, 0.29) is 10.7 Å². The van der Waals surface area contributed by atoms with Crippen LogP contribution in [0.2, 0.25) is 5.02 Å². The minimum Gasteiger partial charge on any atom is -0.423 e. The molecule has 0 saturated heterocycles. The summed E-state index contributed by atoms with van der Waals surface area (Å²) in [6.07, 6.45) is 0. The SMILES string of the molecule is Cc1ccc(OC(=O)c2ccc(NC3=C(Cl)C(=O)N(c4ccc(Cl)cc4)C3=O)cc2)cc1. The van der Waals surface area contributed by atoms with Gasteiger partial charge in [0.1, 0.15) is 16.5 Å². The first-order valence-electron chi connectivity index (χ1n) is 9.53. The van der Waals surface area contributed by atoms with Gasteiger partial charge < -0.3 is 10.1 Å². The number of rotatable bonds is 5. The number of halogens is 2. The van der Waals surface area contributed by atoms with Crippen LogP contribution >= 0.6 is 23.2 Å². The van der Waals surface area contributed by atoms with Crippen LogP contribution in [-0.2, 0) is 9.59 Å². The van der Waals surface area contributed by atoms with Crippen LogP contribution in [0.1, 0.15) is 15.9 Å². The highest BCUT2D eigenvalue weighted by atomic mass is 35.5. The Morgan fingerprint density at radius 2 is 1.47 bits per heavy atom. The zero-order chi connectivity index (χ0) is 22.8. The number of hydrogen-bond donors (Lipinski definition) is 1. The van der Waals surface area contributed by atoms with Crippen LogP contribution in [0.3, 0.4) is 0 Å². The molecule has 0 saturated carbocycles. The van der Waals surface area contributed by atoms with Crippen LogP contribution in [0.25, 0.3) is 0 Å². The Kier molecular flexibility index (Phi) is 5.99. The van der Waals surface area contributed by atoms with Crippen molar-refractivity contribution >= 4 is 52.4 Å². The van der Waals surface area contributed by atoms with Gasteiger partial charge in [-0.1, -0.05) is 40.9 Å². The number of carbonyl (C=O) groups is 3. The van der Waals surface area contributed by atoms with Gasteiger partial charge in [-0.25, -0.2) is 9.69 Å². The highest BCUT2D eigenvalue weighted by molar-refractivity contribution is 6.53. The molecule has 0 aromatic heterocycles. The van der Waals surface area contributed by atoms with Crippen LogP contribution in [0.5, 0.6) is 5.75 Å². The molecule has 0 fully saturated rings. The first kappa shape index (κ1) is 21.6. The van der Waals surface area contributed by atoms with Crippen LogP contribution in [0, 0.1) is 6.92 Å². The number of esters is 1. The number of amides is 2. The number of carbonyl (C=O) groups excluding carboxylic acids is 3. The van der Waals surface area contributed by atoms with Crippen molar-refractivity contribution in [3.05, 3.63) is 99.7 Å². The van der Waals surface area contributed by atoms with Crippen molar-refractivity contribution in [1.29, 1.82) is 0 Å². The smallest absolute Gasteiger partial charge is 0.343 e. The second-order valence-corrected chi connectivity index (χ2v) is 7.83. The predicted octanol–water partition coefficient (Wildman–Crippen LogP) is 5.30. The van der Waals surface area contributed by atoms with E-state index in [0.29, 0.717) is 27.7 Å². The maximum atomic E-state index is 12.8. The van der Waals surface area contributed by atoms with Gasteiger partial charge in [0.15, 0.2) is 0 Å². The summed E-state index contributed by atoms with van der Waals surface area (Å²) in [5, 5.41) is 3.11. The number of imide groups is 1. The Morgan fingerprint density at radius 1 is 0.844 bits per heavy atom. The average molecular weight is 467 g/mol. The highest BCUT2D eigenvalue weighted by Gasteiger charge is 2.38. The maximum absolute atomic E-state index is 12.8. The number of ether oxygens (including phenoxy) is 1. The zero-order valence-electron chi connectivity index (χ0n) is 16.8. The molecular formula is C24H16Cl2N2O4. The molecule has 0 spiro atoms. The molecule has 32 heavy (non-hydrogen) atoms. The second kappa shape index (κ2) is 8.86. The summed E-state index contributed by atoms with van der Waals surface area (Å²) in [6.45, 7) is 1.94. The fraction of sp³-hybridized carbons (Fsp3) is 0.0417. The minimum absolute atomic E-state index is 0.0541. The predicted molar refractivity (Wildman–Crippen MR) is 123 cm³/mol. The van der Waals surface area contributed by atoms with Gasteiger partial charge in [0.2, 0.25) is 0 Å². The first-order chi connectivity index (χ1) is 15.3. The number of hydrogen-bond acceptors (Lipinski definition) is 5. The van der Waals surface area contributed by atoms with Gasteiger partial charge in [0, 0.05) is 10.7 Å². The summed E-state index contributed by atoms with van der Waals surface area (Å²) in [6, 6.07) is 19.7. The molecule has 0 radical (unpaired) electrons. The molecule has 1 heterocycles. The standard InChI is InChI=1S/C24H16Cl2N2O4/c1-14-2-12-19(13-3-14)32-24(31)15-4-8-17(9-5-15)27-21-20(26)22(29)28(23(21)30)18-10-6-16(25)7-11-18/h2-13,27H,1H3. The lowest BCUT2D eigenvalue weighted by atomic mass is 10.2. The van der Waals surface area contributed by atoms with E-state index in [9.17, 15) is 14.4 Å². The van der Waals surface area contributed by atoms with Gasteiger partial charge >= 0.3 is 5.97 Å². The maximum Gasteiger partial charge on any atom is 0.343 e. The largest absolute Gasteiger partial charge is 0.423 e. The number of nitrogens with one attached hydrogen (secondary N) is 1. The first-order valence-corrected chi connectivity index (χ1v) is 10.3. The Morgan fingerprint density at radius 3 is 2.09 bits per heavy atom. The van der Waals surface area contributed by atoms with Crippen LogP contribution < -0.4 is 15.0 Å². The van der Waals surface area contributed by atoms with E-state index in [2.05, 4.69) is 5.32 Å². The van der Waals surface area contributed by atoms with Gasteiger partial charge in [-0.2, -0.15) is 0 Å². The van der Waals surface area contributed by atoms with Crippen LogP contribution in [0.15, 0.2) is 83.5 Å². The molecule has 1 N–H and O–H groups in total. The molecule has 0 aliphatic carbocycles. The van der Waals surface area contributed by atoms with Crippen LogP contribution in [0.4, 0.5) is 11.4 Å². The van der Waals surface area contributed by atoms with Crippen molar-refractivity contribution in [2.75, 3.05) is 10.2 Å². The normalized spacial score (nSPS) is 13.5. The van der Waals surface area contributed by atoms with Crippen molar-refractivity contribution in [1.82, 2.24) is 0 Å². The minimum atomic E-state index is -0.639. The van der Waals surface area contributed by atoms with Gasteiger partial charge in [0.05, 0.1) is 11.3 Å². The summed E-state index contributed by atoms with van der Waals surface area (Å²) < 4.78 is 5.34. The third-order valence-electron chi connectivity index (χ3n) is 4.73. The number of anilines is 2. The molecule has 8 heteroatoms. The van der Waals surface area contributed by atoms with E-state index in [1.54, 1.807) is 60.7 Å². The van der Waals surface area contributed by atoms with E-state index in [1.165, 1.54) is 0 Å². The Labute approximate surface area is 194 Å². The van der Waals surface area contributed by atoms with Crippen molar-refractivity contribution in [2.45, 2.75) is 6.92 Å². The molecule has 3 aromatic rings. The second-order valence-electron chi connectivity index (χ2n) is 7.02. The van der Waals surface area contributed by atoms with Crippen LogP contribution in [-0.4, -0.2) is 17.8 Å². The molecule has 2 amide bonds. The van der Waals surface area contributed by atoms with E-state index in [4.69, 9.17) is 27.9 Å². The fourth-order valence-electron chi connectivity index (χ4n) is 3.04. The molecule has 0 atom stereocenters. The molecule has 160 valence electrons. The third-order valence-corrected chi connectivity index (χ3v) is 5.34. The molecular weight excluding hydrogens is 451 g/mol. The molecule has 1 aliphatic heterocycles. The monoisotopic (exact) mass is 466 g/mol. The Bertz CT molecular complexity index is 1230. The summed E-state index contributed by atoms with van der Waals surface area (Å²) in [5.74, 6) is -1.30. The summed E-state index contributed by atoms with van der Waals surface area (Å²) >= 11 is 12.0. The lowest BCUT2D eigenvalue weighted by molar-refractivity contribution is -0.120. The van der Waals surface area contributed by atoms with Gasteiger partial charge in [-0.05, 0) is 67.6 Å². The fourth-order valence-corrected chi connectivity index (χ4v) is 3.38. The lowest BCUT2D eigenvalue weighted by Crippen LogP contribution is -2.32. The van der Waals surface area contributed by atoms with Crippen molar-refractivity contribution in [2.24, 2.45) is 0 Å². The molecule has 1 aliphatic rings. The van der Waals surface area contributed by atoms with E-state index >= 15 is 0 Å². The number of nitrogens with zero attached hydrogens (tertiary/aromatic N) is 1. The number of benzene rings is 3. The van der Waals surface area contributed by atoms with Crippen molar-refractivity contribution in [3.8, 4) is 5.75 Å². The number of aryl methyl sites for hydroxylation is 1. The van der Waals surface area contributed by atoms with Gasteiger partial charge in [0.25, 0.3) is 11.8 Å². The van der Waals surface area contributed by atoms with Crippen molar-refractivity contribution < 1.29 is 19.1 Å². The highest BCUT2D eigenvalue weighted by Crippen LogP contribution is 2.30. The summed E-state index contributed by atoms with van der Waals surface area (Å²) in [4.78, 5) is 38.6. The van der Waals surface area contributed by atoms with E-state index < -0.39 is 17.8 Å². The molecule has 4 rings (SSSR count). The molecule has 3 aromatic carbocycles. The molecule has 0 bridgehead atoms. The van der Waals surface area contributed by atoms with Gasteiger partial charge in [-0.3, -0.25) is 9.59 Å². The van der Waals surface area contributed by atoms with Gasteiger partial charge in [-0.15, -0.1) is 0 Å². The molecule has 6 nitrogen and oxygen atoms in total. The van der Waals surface area contributed by atoms with Crippen molar-refractivity contribution in [3.63, 3.8) is 0 Å². The average Bonchev–Trinajstić information content (AvgIpc) is 3.00. The Hall–Kier alpha value is -3.61. The third kappa shape index (κ3) is 4.37. The Balaban J connectivity index is 1.47. The lowest BCUT2D eigenvalue weighted by Gasteiger charge is -2.15. The zero-order valence-corrected chi connectivity index (χ0v) is 18.3. The topological polar surface area (TPSA) is 75.7 Å². The summed E-state index contributed by atoms with van der Waals surface area (Å²) in [5.41, 5.74) is 2.16. The van der Waals surface area contributed by atoms with E-state index in [1.807, 2.05) is 19.1 Å².